The summed E-state index contributed by atoms with van der Waals surface area (Å²) < 4.78 is 5.58. The Morgan fingerprint density at radius 3 is 1.10 bits per heavy atom. The van der Waals surface area contributed by atoms with E-state index in [1.165, 1.54) is 12.1 Å². The molecule has 0 unspecified atom stereocenters. The van der Waals surface area contributed by atoms with Crippen LogP contribution in [0.5, 0.6) is 11.5 Å². The molecule has 0 fully saturated rings. The number of hydrogen-bond acceptors (Lipinski definition) is 7. The fraction of sp³-hybridized carbons (Fsp3) is 0. The molecule has 2 heterocycles. The van der Waals surface area contributed by atoms with Gasteiger partial charge in [0.2, 0.25) is 0 Å². The first-order chi connectivity index (χ1) is 14.8. The lowest BCUT2D eigenvalue weighted by atomic mass is 10.1. The Labute approximate surface area is 173 Å². The highest BCUT2D eigenvalue weighted by Gasteiger charge is 2.12. The van der Waals surface area contributed by atoms with Gasteiger partial charge in [-0.05, 0) is 60.7 Å². The molecule has 3 aromatic carbocycles. The molecule has 5 aromatic rings. The highest BCUT2D eigenvalue weighted by molar-refractivity contribution is 5.97. The van der Waals surface area contributed by atoms with Crippen molar-refractivity contribution in [3.8, 4) is 11.5 Å². The Bertz CT molecular complexity index is 1400. The van der Waals surface area contributed by atoms with Crippen molar-refractivity contribution in [2.45, 2.75) is 0 Å². The standard InChI is InChI=1S/C12H12N2O.C10H4N2O4/c13-9-1-5-11(6-2-9)15-12-7-3-10(14)4-8-12;13-7-3-1-4-6(10(16)12-8(4)14)2-5(3)9(15)11-7/h1-8H,13-14H2;1-2H,(H,11,13,15)(H,12,14,16). The number of aromatic nitrogens is 2. The van der Waals surface area contributed by atoms with Crippen LogP contribution in [0.1, 0.15) is 0 Å². The van der Waals surface area contributed by atoms with Crippen molar-refractivity contribution in [2.75, 3.05) is 11.5 Å². The summed E-state index contributed by atoms with van der Waals surface area (Å²) in [5.41, 5.74) is 10.4. The summed E-state index contributed by atoms with van der Waals surface area (Å²) >= 11 is 0. The lowest BCUT2D eigenvalue weighted by molar-refractivity contribution is 0.483. The molecule has 154 valence electrons. The highest BCUT2D eigenvalue weighted by atomic mass is 16.5. The fourth-order valence-electron chi connectivity index (χ4n) is 3.03. The molecule has 5 rings (SSSR count). The molecule has 9 heteroatoms. The predicted molar refractivity (Wildman–Crippen MR) is 119 cm³/mol. The highest BCUT2D eigenvalue weighted by Crippen LogP contribution is 2.22. The third-order valence-corrected chi connectivity index (χ3v) is 4.59. The molecule has 0 bridgehead atoms. The lowest BCUT2D eigenvalue weighted by Crippen LogP contribution is -2.06. The van der Waals surface area contributed by atoms with Crippen LogP contribution in [0.4, 0.5) is 11.4 Å². The maximum Gasteiger partial charge on any atom is 0.258 e. The second kappa shape index (κ2) is 7.64. The second-order valence-corrected chi connectivity index (χ2v) is 6.75. The molecule has 0 aliphatic carbocycles. The summed E-state index contributed by atoms with van der Waals surface area (Å²) in [6.45, 7) is 0. The van der Waals surface area contributed by atoms with Crippen molar-refractivity contribution >= 4 is 32.9 Å². The molecule has 0 aliphatic heterocycles. The molecule has 0 saturated carbocycles. The summed E-state index contributed by atoms with van der Waals surface area (Å²) in [4.78, 5) is 49.4. The predicted octanol–water partition coefficient (Wildman–Crippen LogP) is 1.61. The Hall–Kier alpha value is -4.66. The largest absolute Gasteiger partial charge is 0.457 e. The molecule has 0 spiro atoms. The number of hydrogen-bond donors (Lipinski definition) is 4. The summed E-state index contributed by atoms with van der Waals surface area (Å²) in [6.07, 6.45) is 0. The van der Waals surface area contributed by atoms with Gasteiger partial charge in [0.1, 0.15) is 11.5 Å². The average molecular weight is 416 g/mol. The van der Waals surface area contributed by atoms with Crippen LogP contribution in [-0.4, -0.2) is 9.97 Å². The topological polar surface area (TPSA) is 161 Å². The van der Waals surface area contributed by atoms with Gasteiger partial charge >= 0.3 is 0 Å². The Morgan fingerprint density at radius 1 is 0.516 bits per heavy atom. The van der Waals surface area contributed by atoms with E-state index in [1.54, 1.807) is 24.3 Å². The van der Waals surface area contributed by atoms with E-state index in [-0.39, 0.29) is 21.5 Å². The molecule has 0 radical (unpaired) electrons. The smallest absolute Gasteiger partial charge is 0.258 e. The molecule has 0 saturated heterocycles. The van der Waals surface area contributed by atoms with Gasteiger partial charge < -0.3 is 16.2 Å². The van der Waals surface area contributed by atoms with Crippen molar-refractivity contribution in [1.29, 1.82) is 0 Å². The first-order valence-corrected chi connectivity index (χ1v) is 9.10. The molecule has 6 N–H and O–H groups in total. The third kappa shape index (κ3) is 3.92. The number of fused-ring (bicyclic) bond motifs is 2. The van der Waals surface area contributed by atoms with E-state index in [0.717, 1.165) is 22.9 Å². The van der Waals surface area contributed by atoms with Gasteiger partial charge in [0.25, 0.3) is 22.2 Å². The summed E-state index contributed by atoms with van der Waals surface area (Å²) in [5, 5.41) is 0.532. The third-order valence-electron chi connectivity index (χ3n) is 4.59. The van der Waals surface area contributed by atoms with Gasteiger partial charge in [0.15, 0.2) is 0 Å². The molecule has 31 heavy (non-hydrogen) atoms. The van der Waals surface area contributed by atoms with Crippen molar-refractivity contribution in [2.24, 2.45) is 0 Å². The minimum atomic E-state index is -0.546. The van der Waals surface area contributed by atoms with Gasteiger partial charge in [-0.2, -0.15) is 0 Å². The summed E-state index contributed by atoms with van der Waals surface area (Å²) in [5.74, 6) is 1.52. The van der Waals surface area contributed by atoms with Gasteiger partial charge in [-0.25, -0.2) is 0 Å². The molecule has 9 nitrogen and oxygen atoms in total. The van der Waals surface area contributed by atoms with E-state index < -0.39 is 22.2 Å². The zero-order valence-corrected chi connectivity index (χ0v) is 16.0. The minimum Gasteiger partial charge on any atom is -0.457 e. The maximum atomic E-state index is 11.3. The van der Waals surface area contributed by atoms with Crippen molar-refractivity contribution < 1.29 is 4.74 Å². The van der Waals surface area contributed by atoms with Gasteiger partial charge in [0.05, 0.1) is 21.5 Å². The van der Waals surface area contributed by atoms with Gasteiger partial charge in [-0.1, -0.05) is 0 Å². The van der Waals surface area contributed by atoms with Gasteiger partial charge in [0, 0.05) is 11.4 Å². The number of ether oxygens (including phenoxy) is 1. The second-order valence-electron chi connectivity index (χ2n) is 6.75. The Morgan fingerprint density at radius 2 is 0.806 bits per heavy atom. The van der Waals surface area contributed by atoms with Crippen LogP contribution < -0.4 is 38.4 Å². The number of benzene rings is 3. The SMILES string of the molecule is Nc1ccc(Oc2ccc(N)cc2)cc1.O=c1[nH]c(=O)c2cc3c(=O)[nH]c(=O)c3cc12. The van der Waals surface area contributed by atoms with Crippen LogP contribution >= 0.6 is 0 Å². The average Bonchev–Trinajstić information content (AvgIpc) is 3.19. The Balaban J connectivity index is 0.000000150. The number of nitrogen functional groups attached to an aromatic ring is 2. The van der Waals surface area contributed by atoms with E-state index in [1.807, 2.05) is 24.3 Å². The molecule has 0 aliphatic rings. The summed E-state index contributed by atoms with van der Waals surface area (Å²) in [7, 11) is 0. The van der Waals surface area contributed by atoms with Gasteiger partial charge in [-0.15, -0.1) is 0 Å². The quantitative estimate of drug-likeness (QED) is 0.318. The van der Waals surface area contributed by atoms with E-state index >= 15 is 0 Å². The van der Waals surface area contributed by atoms with E-state index in [0.29, 0.717) is 0 Å². The number of nitrogens with one attached hydrogen (secondary N) is 2. The minimum absolute atomic E-state index is 0.133. The lowest BCUT2D eigenvalue weighted by Gasteiger charge is -2.05. The summed E-state index contributed by atoms with van der Waals surface area (Å²) in [6, 6.07) is 17.0. The zero-order chi connectivity index (χ0) is 22.1. The molecule has 0 amide bonds. The van der Waals surface area contributed by atoms with Crippen LogP contribution in [0.3, 0.4) is 0 Å². The van der Waals surface area contributed by atoms with E-state index in [4.69, 9.17) is 16.2 Å². The van der Waals surface area contributed by atoms with E-state index in [9.17, 15) is 19.2 Å². The first kappa shape index (κ1) is 19.6. The van der Waals surface area contributed by atoms with Crippen molar-refractivity contribution in [1.82, 2.24) is 9.97 Å². The molecule has 2 aromatic heterocycles. The number of nitrogens with two attached hydrogens (primary N) is 2. The number of anilines is 2. The van der Waals surface area contributed by atoms with Crippen LogP contribution in [0, 0.1) is 0 Å². The van der Waals surface area contributed by atoms with Crippen LogP contribution in [0.2, 0.25) is 0 Å². The number of H-pyrrole nitrogens is 2. The van der Waals surface area contributed by atoms with Crippen LogP contribution in [-0.2, 0) is 0 Å². The maximum absolute atomic E-state index is 11.3. The monoisotopic (exact) mass is 416 g/mol. The normalized spacial score (nSPS) is 10.7. The van der Waals surface area contributed by atoms with Crippen molar-refractivity contribution in [3.05, 3.63) is 102 Å². The van der Waals surface area contributed by atoms with Crippen LogP contribution in [0.25, 0.3) is 21.5 Å². The van der Waals surface area contributed by atoms with E-state index in [2.05, 4.69) is 9.97 Å². The molecular weight excluding hydrogens is 400 g/mol. The number of aromatic amines is 2. The Kier molecular flexibility index (Phi) is 4.84. The molecule has 0 atom stereocenters. The zero-order valence-electron chi connectivity index (χ0n) is 16.0. The fourth-order valence-corrected chi connectivity index (χ4v) is 3.03. The van der Waals surface area contributed by atoms with Gasteiger partial charge in [-0.3, -0.25) is 29.1 Å². The first-order valence-electron chi connectivity index (χ1n) is 9.10. The number of rotatable bonds is 2. The van der Waals surface area contributed by atoms with Crippen molar-refractivity contribution in [3.63, 3.8) is 0 Å². The molecular formula is C22H16N4O5. The van der Waals surface area contributed by atoms with Crippen LogP contribution in [0.15, 0.2) is 79.8 Å².